The van der Waals surface area contributed by atoms with Gasteiger partial charge in [-0.2, -0.15) is 0 Å². The van der Waals surface area contributed by atoms with Gasteiger partial charge in [0.25, 0.3) is 0 Å². The Morgan fingerprint density at radius 3 is 2.79 bits per heavy atom. The molecule has 0 N–H and O–H groups in total. The molecule has 0 radical (unpaired) electrons. The van der Waals surface area contributed by atoms with Crippen LogP contribution in [0.3, 0.4) is 0 Å². The van der Waals surface area contributed by atoms with Gasteiger partial charge in [-0.1, -0.05) is 29.8 Å². The number of hydrogen-bond acceptors (Lipinski definition) is 6. The molecule has 28 heavy (non-hydrogen) atoms. The zero-order chi connectivity index (χ0) is 19.7. The number of carbonyl (C=O) groups is 2. The van der Waals surface area contributed by atoms with Crippen molar-refractivity contribution in [2.75, 3.05) is 20.8 Å². The molecule has 0 amide bonds. The number of fused-ring (bicyclic) bond motifs is 2. The third kappa shape index (κ3) is 1.74. The molecular formula is C22H24N2O4. The normalized spacial score (nSPS) is 39.3. The van der Waals surface area contributed by atoms with Crippen LogP contribution in [-0.4, -0.2) is 55.9 Å². The first-order valence-electron chi connectivity index (χ1n) is 9.76. The number of rotatable bonds is 3. The van der Waals surface area contributed by atoms with E-state index in [9.17, 15) is 9.59 Å². The molecule has 1 saturated carbocycles. The average Bonchev–Trinajstić information content (AvgIpc) is 3.09. The highest BCUT2D eigenvalue weighted by Crippen LogP contribution is 2.66. The van der Waals surface area contributed by atoms with Crippen LogP contribution in [0.1, 0.15) is 25.3 Å². The highest BCUT2D eigenvalue weighted by Gasteiger charge is 2.75. The summed E-state index contributed by atoms with van der Waals surface area (Å²) in [7, 11) is 3.07. The molecule has 1 aliphatic carbocycles. The lowest BCUT2D eigenvalue weighted by molar-refractivity contribution is -0.176. The molecule has 5 atom stereocenters. The minimum Gasteiger partial charge on any atom is -0.468 e. The van der Waals surface area contributed by atoms with Gasteiger partial charge in [-0.3, -0.25) is 14.7 Å². The van der Waals surface area contributed by atoms with Crippen LogP contribution in [0.5, 0.6) is 0 Å². The zero-order valence-corrected chi connectivity index (χ0v) is 16.3. The van der Waals surface area contributed by atoms with E-state index in [0.29, 0.717) is 19.4 Å². The number of ether oxygens (including phenoxy) is 2. The van der Waals surface area contributed by atoms with E-state index in [1.165, 1.54) is 7.11 Å². The minimum atomic E-state index is -1.34. The molecule has 1 unspecified atom stereocenters. The number of methoxy groups -OCH3 is 2. The van der Waals surface area contributed by atoms with Gasteiger partial charge in [-0.15, -0.1) is 0 Å². The van der Waals surface area contributed by atoms with Crippen LogP contribution >= 0.6 is 0 Å². The molecule has 3 fully saturated rings. The van der Waals surface area contributed by atoms with E-state index >= 15 is 0 Å². The summed E-state index contributed by atoms with van der Waals surface area (Å²) in [6.45, 7) is 2.64. The summed E-state index contributed by atoms with van der Waals surface area (Å²) in [5.74, 6) is -0.675. The summed E-state index contributed by atoms with van der Waals surface area (Å²) in [5, 5.41) is 0. The molecule has 1 aromatic carbocycles. The third-order valence-electron chi connectivity index (χ3n) is 7.49. The molecule has 3 heterocycles. The summed E-state index contributed by atoms with van der Waals surface area (Å²) in [5.41, 5.74) is 1.63. The number of para-hydroxylation sites is 1. The Morgan fingerprint density at radius 1 is 1.32 bits per heavy atom. The van der Waals surface area contributed by atoms with Crippen molar-refractivity contribution in [1.82, 2.24) is 4.90 Å². The zero-order valence-electron chi connectivity index (χ0n) is 16.3. The Labute approximate surface area is 164 Å². The van der Waals surface area contributed by atoms with Crippen molar-refractivity contribution >= 4 is 23.7 Å². The number of carbonyl (C=O) groups excluding carboxylic acids is 2. The lowest BCUT2D eigenvalue weighted by Crippen LogP contribution is -2.76. The summed E-state index contributed by atoms with van der Waals surface area (Å²) < 4.78 is 11.2. The Bertz CT molecular complexity index is 938. The van der Waals surface area contributed by atoms with E-state index in [1.54, 1.807) is 7.11 Å². The van der Waals surface area contributed by atoms with E-state index in [1.807, 2.05) is 37.3 Å². The quantitative estimate of drug-likeness (QED) is 0.349. The highest BCUT2D eigenvalue weighted by atomic mass is 16.5. The summed E-state index contributed by atoms with van der Waals surface area (Å²) in [4.78, 5) is 33.7. The van der Waals surface area contributed by atoms with Crippen molar-refractivity contribution in [1.29, 1.82) is 0 Å². The molecule has 1 aromatic rings. The van der Waals surface area contributed by atoms with Gasteiger partial charge in [0.1, 0.15) is 17.9 Å². The number of allylic oxidation sites excluding steroid dienone is 1. The molecule has 6 nitrogen and oxygen atoms in total. The Balaban J connectivity index is 1.90. The van der Waals surface area contributed by atoms with Crippen LogP contribution < -0.4 is 0 Å². The maximum atomic E-state index is 13.4. The number of nitrogens with zero attached hydrogens (tertiary/aromatic N) is 2. The summed E-state index contributed by atoms with van der Waals surface area (Å²) in [6, 6.07) is 7.92. The molecular weight excluding hydrogens is 356 g/mol. The molecule has 3 bridgehead atoms. The van der Waals surface area contributed by atoms with E-state index < -0.39 is 16.8 Å². The van der Waals surface area contributed by atoms with Crippen LogP contribution in [0.15, 0.2) is 40.9 Å². The summed E-state index contributed by atoms with van der Waals surface area (Å²) in [6.07, 6.45) is 3.88. The molecule has 0 spiro atoms. The fraction of sp³-hybridized carbons (Fsp3) is 0.500. The molecule has 3 aliphatic heterocycles. The second kappa shape index (κ2) is 5.84. The van der Waals surface area contributed by atoms with Crippen LogP contribution in [-0.2, 0) is 24.5 Å². The number of esters is 1. The van der Waals surface area contributed by atoms with Gasteiger partial charge < -0.3 is 14.3 Å². The van der Waals surface area contributed by atoms with Gasteiger partial charge in [0.2, 0.25) is 0 Å². The Morgan fingerprint density at radius 2 is 2.11 bits per heavy atom. The predicted molar refractivity (Wildman–Crippen MR) is 104 cm³/mol. The maximum Gasteiger partial charge on any atom is 0.321 e. The average molecular weight is 380 g/mol. The number of piperidine rings is 2. The van der Waals surface area contributed by atoms with Crippen LogP contribution in [0, 0.1) is 11.3 Å². The van der Waals surface area contributed by atoms with Crippen molar-refractivity contribution in [2.45, 2.75) is 37.5 Å². The standard InChI is InChI=1S/C22H24N2O4/c1-4-13-11-24-17-9-15(13)22(12-25,20(26)28-3)21(10-18(24)27-2)14-7-5-6-8-16(14)23-19(17)21/h4-8,12,15,17-18H,9-11H2,1-3H3/b13-4+/t15-,17?,18-,21+,22-/m0/s1. The Hall–Kier alpha value is -2.31. The SMILES string of the molecule is C/C=C1\CN2C3C[C@@H]1[C@@](C=O)(C(=O)OC)[C@@]1(C[C@@H]2OC)C3=Nc2ccccc21. The van der Waals surface area contributed by atoms with Crippen molar-refractivity contribution in [3.63, 3.8) is 0 Å². The second-order valence-electron chi connectivity index (χ2n) is 8.13. The predicted octanol–water partition coefficient (Wildman–Crippen LogP) is 2.40. The fourth-order valence-corrected chi connectivity index (χ4v) is 6.37. The van der Waals surface area contributed by atoms with E-state index in [0.717, 1.165) is 28.8 Å². The molecule has 4 aliphatic rings. The largest absolute Gasteiger partial charge is 0.468 e. The maximum absolute atomic E-state index is 13.4. The van der Waals surface area contributed by atoms with Gasteiger partial charge in [-0.25, -0.2) is 0 Å². The van der Waals surface area contributed by atoms with Crippen molar-refractivity contribution in [3.05, 3.63) is 41.5 Å². The van der Waals surface area contributed by atoms with Gasteiger partial charge in [0, 0.05) is 31.7 Å². The summed E-state index contributed by atoms with van der Waals surface area (Å²) >= 11 is 0. The minimum absolute atomic E-state index is 0.0533. The van der Waals surface area contributed by atoms with Crippen LogP contribution in [0.4, 0.5) is 5.69 Å². The molecule has 6 heteroatoms. The van der Waals surface area contributed by atoms with Crippen molar-refractivity contribution in [2.24, 2.45) is 16.3 Å². The molecule has 5 rings (SSSR count). The van der Waals surface area contributed by atoms with Gasteiger partial charge in [0.05, 0.1) is 24.3 Å². The van der Waals surface area contributed by atoms with Gasteiger partial charge in [-0.05, 0) is 25.0 Å². The van der Waals surface area contributed by atoms with Crippen LogP contribution in [0.25, 0.3) is 0 Å². The van der Waals surface area contributed by atoms with Gasteiger partial charge >= 0.3 is 5.97 Å². The van der Waals surface area contributed by atoms with E-state index in [4.69, 9.17) is 14.5 Å². The number of benzene rings is 1. The van der Waals surface area contributed by atoms with Crippen molar-refractivity contribution < 1.29 is 19.1 Å². The first-order valence-corrected chi connectivity index (χ1v) is 9.76. The molecule has 2 saturated heterocycles. The van der Waals surface area contributed by atoms with Crippen LogP contribution in [0.2, 0.25) is 0 Å². The van der Waals surface area contributed by atoms with Gasteiger partial charge in [0.15, 0.2) is 0 Å². The molecule has 146 valence electrons. The second-order valence-corrected chi connectivity index (χ2v) is 8.13. The number of hydrogen-bond donors (Lipinski definition) is 0. The highest BCUT2D eigenvalue weighted by molar-refractivity contribution is 6.15. The topological polar surface area (TPSA) is 68.2 Å². The molecule has 0 aromatic heterocycles. The third-order valence-corrected chi connectivity index (χ3v) is 7.49. The smallest absolute Gasteiger partial charge is 0.321 e. The monoisotopic (exact) mass is 380 g/mol. The number of aliphatic imine (C=N–C) groups is 1. The van der Waals surface area contributed by atoms with E-state index in [-0.39, 0.29) is 18.2 Å². The lowest BCUT2D eigenvalue weighted by atomic mass is 9.43. The lowest BCUT2D eigenvalue weighted by Gasteiger charge is -2.64. The first-order chi connectivity index (χ1) is 13.6. The van der Waals surface area contributed by atoms with Crippen molar-refractivity contribution in [3.8, 4) is 0 Å². The fourth-order valence-electron chi connectivity index (χ4n) is 6.37. The first kappa shape index (κ1) is 17.8. The Kier molecular flexibility index (Phi) is 3.71. The number of aldehydes is 1. The van der Waals surface area contributed by atoms with E-state index in [2.05, 4.69) is 4.90 Å².